The van der Waals surface area contributed by atoms with Crippen molar-refractivity contribution in [3.05, 3.63) is 144 Å². The van der Waals surface area contributed by atoms with Gasteiger partial charge < -0.3 is 15.4 Å². The Kier molecular flexibility index (Phi) is 6.34. The Balaban J connectivity index is 1.19. The molecule has 43 heavy (non-hydrogen) atoms. The summed E-state index contributed by atoms with van der Waals surface area (Å²) in [5, 5.41) is 7.54. The Bertz CT molecular complexity index is 1970. The average Bonchev–Trinajstić information content (AvgIpc) is 3.38. The van der Waals surface area contributed by atoms with Crippen LogP contribution in [0.5, 0.6) is 11.6 Å². The molecule has 208 valence electrons. The van der Waals surface area contributed by atoms with Crippen LogP contribution in [-0.4, -0.2) is 9.97 Å². The van der Waals surface area contributed by atoms with Gasteiger partial charge in [-0.2, -0.15) is 0 Å². The first kappa shape index (κ1) is 25.3. The second-order valence-electron chi connectivity index (χ2n) is 11.1. The first-order valence-electron chi connectivity index (χ1n) is 14.8. The van der Waals surface area contributed by atoms with Crippen molar-refractivity contribution >= 4 is 22.7 Å². The van der Waals surface area contributed by atoms with Crippen molar-refractivity contribution < 1.29 is 4.74 Å². The van der Waals surface area contributed by atoms with Gasteiger partial charge in [0.15, 0.2) is 5.75 Å². The van der Waals surface area contributed by atoms with E-state index in [2.05, 4.69) is 107 Å². The number of ether oxygens (including phenoxy) is 1. The summed E-state index contributed by atoms with van der Waals surface area (Å²) in [6.07, 6.45) is 5.59. The first-order chi connectivity index (χ1) is 21.3. The molecule has 0 aliphatic carbocycles. The van der Waals surface area contributed by atoms with Gasteiger partial charge in [0.25, 0.3) is 0 Å². The van der Waals surface area contributed by atoms with Gasteiger partial charge in [-0.1, -0.05) is 78.9 Å². The molecular weight excluding hydrogens is 528 g/mol. The molecule has 2 aliphatic heterocycles. The molecule has 5 nitrogen and oxygen atoms in total. The maximum Gasteiger partial charge on any atom is 0.219 e. The van der Waals surface area contributed by atoms with Crippen LogP contribution in [0.2, 0.25) is 0 Å². The van der Waals surface area contributed by atoms with Gasteiger partial charge in [0.1, 0.15) is 0 Å². The summed E-state index contributed by atoms with van der Waals surface area (Å²) in [5.41, 5.74) is 13.6. The van der Waals surface area contributed by atoms with E-state index >= 15 is 0 Å². The number of benzene rings is 4. The Morgan fingerprint density at radius 3 is 1.79 bits per heavy atom. The van der Waals surface area contributed by atoms with Crippen LogP contribution in [-0.2, 0) is 25.7 Å². The molecule has 0 saturated carbocycles. The lowest BCUT2D eigenvalue weighted by molar-refractivity contribution is 0.464. The lowest BCUT2D eigenvalue weighted by Gasteiger charge is -2.18. The molecule has 0 amide bonds. The molecule has 0 unspecified atom stereocenters. The standard InChI is InChI=1S/C38H30N4O/c1-2-15-31-25(9-1)20-21-26-10-5-13-29(36(26)41-31)32-16-8-17-33(40-32)30-14-6-11-27-22-23-28-12-7-18-34(38(28)42-37(27)30)43-35-19-3-4-24-39-35/h1-19,24,41-42H,20-23H2. The lowest BCUT2D eigenvalue weighted by Crippen LogP contribution is -2.01. The van der Waals surface area contributed by atoms with Crippen LogP contribution < -0.4 is 15.4 Å². The van der Waals surface area contributed by atoms with Crippen LogP contribution in [0, 0.1) is 0 Å². The summed E-state index contributed by atoms with van der Waals surface area (Å²) in [5.74, 6) is 1.34. The minimum Gasteiger partial charge on any atom is -0.437 e. The van der Waals surface area contributed by atoms with Crippen LogP contribution in [0.4, 0.5) is 22.7 Å². The molecule has 0 saturated heterocycles. The van der Waals surface area contributed by atoms with E-state index in [1.54, 1.807) is 6.20 Å². The number of anilines is 4. The van der Waals surface area contributed by atoms with E-state index in [-0.39, 0.29) is 0 Å². The molecule has 5 heteroatoms. The van der Waals surface area contributed by atoms with E-state index in [1.807, 2.05) is 24.3 Å². The Labute approximate surface area is 251 Å². The smallest absolute Gasteiger partial charge is 0.219 e. The van der Waals surface area contributed by atoms with Crippen LogP contribution in [0.15, 0.2) is 121 Å². The predicted octanol–water partition coefficient (Wildman–Crippen LogP) is 9.29. The third-order valence-electron chi connectivity index (χ3n) is 8.42. The number of para-hydroxylation sites is 4. The summed E-state index contributed by atoms with van der Waals surface area (Å²) in [6, 6.07) is 39.9. The van der Waals surface area contributed by atoms with Crippen molar-refractivity contribution in [1.29, 1.82) is 0 Å². The topological polar surface area (TPSA) is 59.1 Å². The van der Waals surface area contributed by atoms with Crippen molar-refractivity contribution in [3.63, 3.8) is 0 Å². The fourth-order valence-electron chi connectivity index (χ4n) is 6.26. The van der Waals surface area contributed by atoms with Gasteiger partial charge in [-0.15, -0.1) is 0 Å². The monoisotopic (exact) mass is 558 g/mol. The molecule has 2 N–H and O–H groups in total. The number of rotatable bonds is 4. The van der Waals surface area contributed by atoms with Crippen molar-refractivity contribution in [3.8, 4) is 34.1 Å². The molecule has 4 aromatic carbocycles. The SMILES string of the molecule is c1ccc(Oc2cccc3c2Nc2c(cccc2-c2cccc(-c4cccc5c4Nc4ccccc4CC5)n2)CC3)nc1. The van der Waals surface area contributed by atoms with E-state index in [4.69, 9.17) is 9.72 Å². The van der Waals surface area contributed by atoms with Crippen molar-refractivity contribution in [1.82, 2.24) is 9.97 Å². The quantitative estimate of drug-likeness (QED) is 0.226. The van der Waals surface area contributed by atoms with Crippen LogP contribution in [0.3, 0.4) is 0 Å². The summed E-state index contributed by atoms with van der Waals surface area (Å²) in [4.78, 5) is 9.65. The molecule has 0 bridgehead atoms. The average molecular weight is 559 g/mol. The van der Waals surface area contributed by atoms with Gasteiger partial charge in [0.2, 0.25) is 5.88 Å². The highest BCUT2D eigenvalue weighted by Crippen LogP contribution is 2.43. The Hall–Kier alpha value is -5.42. The van der Waals surface area contributed by atoms with E-state index in [9.17, 15) is 0 Å². The van der Waals surface area contributed by atoms with Crippen LogP contribution in [0.25, 0.3) is 22.5 Å². The summed E-state index contributed by atoms with van der Waals surface area (Å²) in [6.45, 7) is 0. The van der Waals surface area contributed by atoms with Gasteiger partial charge in [0, 0.05) is 29.1 Å². The third-order valence-corrected chi connectivity index (χ3v) is 8.42. The largest absolute Gasteiger partial charge is 0.437 e. The highest BCUT2D eigenvalue weighted by atomic mass is 16.5. The van der Waals surface area contributed by atoms with Gasteiger partial charge in [-0.05, 0) is 78.3 Å². The van der Waals surface area contributed by atoms with E-state index in [0.717, 1.165) is 71.0 Å². The van der Waals surface area contributed by atoms with Gasteiger partial charge in [-0.25, -0.2) is 9.97 Å². The molecule has 0 atom stereocenters. The minimum atomic E-state index is 0.572. The summed E-state index contributed by atoms with van der Waals surface area (Å²) >= 11 is 0. The second kappa shape index (κ2) is 10.8. The molecule has 0 radical (unpaired) electrons. The van der Waals surface area contributed by atoms with Crippen molar-refractivity contribution in [2.45, 2.75) is 25.7 Å². The molecule has 4 heterocycles. The maximum atomic E-state index is 6.26. The summed E-state index contributed by atoms with van der Waals surface area (Å²) in [7, 11) is 0. The third kappa shape index (κ3) is 4.79. The number of fused-ring (bicyclic) bond motifs is 4. The maximum absolute atomic E-state index is 6.26. The zero-order chi connectivity index (χ0) is 28.6. The van der Waals surface area contributed by atoms with Crippen molar-refractivity contribution in [2.24, 2.45) is 0 Å². The number of pyridine rings is 2. The van der Waals surface area contributed by atoms with E-state index < -0.39 is 0 Å². The zero-order valence-corrected chi connectivity index (χ0v) is 23.7. The number of aryl methyl sites for hydroxylation is 4. The van der Waals surface area contributed by atoms with Gasteiger partial charge >= 0.3 is 0 Å². The summed E-state index contributed by atoms with van der Waals surface area (Å²) < 4.78 is 6.26. The highest BCUT2D eigenvalue weighted by molar-refractivity contribution is 5.88. The zero-order valence-electron chi connectivity index (χ0n) is 23.7. The predicted molar refractivity (Wildman–Crippen MR) is 174 cm³/mol. The number of hydrogen-bond donors (Lipinski definition) is 2. The number of nitrogens with one attached hydrogen (secondary N) is 2. The van der Waals surface area contributed by atoms with E-state index in [0.29, 0.717) is 5.88 Å². The molecule has 2 aromatic heterocycles. The first-order valence-corrected chi connectivity index (χ1v) is 14.8. The molecule has 2 aliphatic rings. The molecule has 6 aromatic rings. The van der Waals surface area contributed by atoms with Crippen molar-refractivity contribution in [2.75, 3.05) is 10.6 Å². The Morgan fingerprint density at radius 2 is 1.07 bits per heavy atom. The molecule has 0 fully saturated rings. The van der Waals surface area contributed by atoms with Gasteiger partial charge in [-0.3, -0.25) is 0 Å². The highest BCUT2D eigenvalue weighted by Gasteiger charge is 2.22. The second-order valence-corrected chi connectivity index (χ2v) is 11.1. The Morgan fingerprint density at radius 1 is 0.488 bits per heavy atom. The number of hydrogen-bond acceptors (Lipinski definition) is 5. The molecular formula is C38H30N4O. The molecule has 8 rings (SSSR count). The fraction of sp³-hybridized carbons (Fsp3) is 0.105. The fourth-order valence-corrected chi connectivity index (χ4v) is 6.26. The van der Waals surface area contributed by atoms with Crippen LogP contribution >= 0.6 is 0 Å². The lowest BCUT2D eigenvalue weighted by atomic mass is 9.98. The minimum absolute atomic E-state index is 0.572. The van der Waals surface area contributed by atoms with E-state index in [1.165, 1.54) is 27.9 Å². The number of aromatic nitrogens is 2. The van der Waals surface area contributed by atoms with Crippen LogP contribution in [0.1, 0.15) is 22.3 Å². The normalized spacial score (nSPS) is 13.1. The van der Waals surface area contributed by atoms with Gasteiger partial charge in [0.05, 0.1) is 28.5 Å². The number of nitrogens with zero attached hydrogens (tertiary/aromatic N) is 2. The molecule has 0 spiro atoms.